The molecule has 0 bridgehead atoms. The minimum Gasteiger partial charge on any atom is -0.340 e. The van der Waals surface area contributed by atoms with Crippen molar-refractivity contribution in [3.8, 4) is 0 Å². The van der Waals surface area contributed by atoms with Crippen LogP contribution in [-0.4, -0.2) is 15.5 Å². The van der Waals surface area contributed by atoms with Crippen LogP contribution in [0.5, 0.6) is 0 Å². The van der Waals surface area contributed by atoms with Gasteiger partial charge in [-0.3, -0.25) is 4.79 Å². The first-order valence-electron chi connectivity index (χ1n) is 4.70. The van der Waals surface area contributed by atoms with Crippen LogP contribution in [-0.2, 0) is 7.05 Å². The van der Waals surface area contributed by atoms with Crippen LogP contribution >= 0.6 is 15.9 Å². The number of nitrogens with one attached hydrogen (secondary N) is 1. The minimum absolute atomic E-state index is 0.210. The SMILES string of the molecule is Cn1cnc(C(=O)Nc2cccc(Br)c2)c1. The molecule has 16 heavy (non-hydrogen) atoms. The van der Waals surface area contributed by atoms with Crippen molar-refractivity contribution >= 4 is 27.5 Å². The number of carbonyl (C=O) groups is 1. The van der Waals surface area contributed by atoms with Crippen LogP contribution < -0.4 is 5.32 Å². The maximum absolute atomic E-state index is 11.7. The average Bonchev–Trinajstić information content (AvgIpc) is 2.65. The predicted molar refractivity (Wildman–Crippen MR) is 65.3 cm³/mol. The predicted octanol–water partition coefficient (Wildman–Crippen LogP) is 2.43. The number of rotatable bonds is 2. The van der Waals surface area contributed by atoms with Crippen LogP contribution in [0.2, 0.25) is 0 Å². The van der Waals surface area contributed by atoms with Gasteiger partial charge < -0.3 is 9.88 Å². The molecule has 0 saturated carbocycles. The third-order valence-corrected chi connectivity index (χ3v) is 2.51. The minimum atomic E-state index is -0.210. The monoisotopic (exact) mass is 279 g/mol. The summed E-state index contributed by atoms with van der Waals surface area (Å²) in [5.74, 6) is -0.210. The highest BCUT2D eigenvalue weighted by Gasteiger charge is 2.08. The lowest BCUT2D eigenvalue weighted by Crippen LogP contribution is -2.12. The summed E-state index contributed by atoms with van der Waals surface area (Å²) in [5.41, 5.74) is 1.15. The molecule has 2 rings (SSSR count). The fraction of sp³-hybridized carbons (Fsp3) is 0.0909. The highest BCUT2D eigenvalue weighted by molar-refractivity contribution is 9.10. The number of hydrogen-bond acceptors (Lipinski definition) is 2. The van der Waals surface area contributed by atoms with Crippen LogP contribution in [0, 0.1) is 0 Å². The Bertz CT molecular complexity index is 521. The highest BCUT2D eigenvalue weighted by Crippen LogP contribution is 2.16. The molecular formula is C11H10BrN3O. The first-order valence-corrected chi connectivity index (χ1v) is 5.49. The summed E-state index contributed by atoms with van der Waals surface area (Å²) in [7, 11) is 1.82. The Morgan fingerprint density at radius 1 is 1.50 bits per heavy atom. The Labute approximate surface area is 101 Å². The average molecular weight is 280 g/mol. The van der Waals surface area contributed by atoms with E-state index in [2.05, 4.69) is 26.2 Å². The fourth-order valence-corrected chi connectivity index (χ4v) is 1.69. The van der Waals surface area contributed by atoms with E-state index in [1.54, 1.807) is 17.1 Å². The molecule has 1 heterocycles. The molecule has 1 N–H and O–H groups in total. The summed E-state index contributed by atoms with van der Waals surface area (Å²) in [5, 5.41) is 2.77. The topological polar surface area (TPSA) is 46.9 Å². The van der Waals surface area contributed by atoms with Crippen molar-refractivity contribution < 1.29 is 4.79 Å². The number of nitrogens with zero attached hydrogens (tertiary/aromatic N) is 2. The second-order valence-electron chi connectivity index (χ2n) is 3.39. The van der Waals surface area contributed by atoms with E-state index in [9.17, 15) is 4.79 Å². The molecule has 0 radical (unpaired) electrons. The molecule has 1 aromatic heterocycles. The molecule has 0 saturated heterocycles. The normalized spacial score (nSPS) is 10.1. The number of aromatic nitrogens is 2. The van der Waals surface area contributed by atoms with Gasteiger partial charge in [0.2, 0.25) is 0 Å². The Morgan fingerprint density at radius 2 is 2.31 bits per heavy atom. The summed E-state index contributed by atoms with van der Waals surface area (Å²) in [4.78, 5) is 15.7. The van der Waals surface area contributed by atoms with Gasteiger partial charge in [-0.15, -0.1) is 0 Å². The summed E-state index contributed by atoms with van der Waals surface area (Å²) < 4.78 is 2.65. The lowest BCUT2D eigenvalue weighted by Gasteiger charge is -2.02. The molecule has 1 aromatic carbocycles. The number of imidazole rings is 1. The molecule has 1 amide bonds. The van der Waals surface area contributed by atoms with Crippen LogP contribution in [0.3, 0.4) is 0 Å². The van der Waals surface area contributed by atoms with Gasteiger partial charge in [0.25, 0.3) is 5.91 Å². The highest BCUT2D eigenvalue weighted by atomic mass is 79.9. The van der Waals surface area contributed by atoms with Crippen LogP contribution in [0.25, 0.3) is 0 Å². The molecule has 0 fully saturated rings. The zero-order chi connectivity index (χ0) is 11.5. The van der Waals surface area contributed by atoms with Crippen molar-refractivity contribution in [1.29, 1.82) is 0 Å². The third kappa shape index (κ3) is 2.49. The third-order valence-electron chi connectivity index (χ3n) is 2.02. The second-order valence-corrected chi connectivity index (χ2v) is 4.30. The van der Waals surface area contributed by atoms with Crippen molar-refractivity contribution in [3.63, 3.8) is 0 Å². The Morgan fingerprint density at radius 3 is 2.94 bits per heavy atom. The smallest absolute Gasteiger partial charge is 0.275 e. The van der Waals surface area contributed by atoms with E-state index in [1.165, 1.54) is 0 Å². The van der Waals surface area contributed by atoms with Crippen molar-refractivity contribution in [1.82, 2.24) is 9.55 Å². The largest absolute Gasteiger partial charge is 0.340 e. The van der Waals surface area contributed by atoms with Gasteiger partial charge in [0.05, 0.1) is 6.33 Å². The molecule has 82 valence electrons. The number of carbonyl (C=O) groups excluding carboxylic acids is 1. The van der Waals surface area contributed by atoms with Gasteiger partial charge >= 0.3 is 0 Å². The molecule has 2 aromatic rings. The van der Waals surface area contributed by atoms with Gasteiger partial charge in [0.15, 0.2) is 0 Å². The van der Waals surface area contributed by atoms with Gasteiger partial charge in [-0.05, 0) is 18.2 Å². The fourth-order valence-electron chi connectivity index (χ4n) is 1.29. The molecule has 0 aliphatic heterocycles. The van der Waals surface area contributed by atoms with E-state index in [0.29, 0.717) is 5.69 Å². The van der Waals surface area contributed by atoms with Crippen molar-refractivity contribution in [3.05, 3.63) is 47.0 Å². The molecule has 0 unspecified atom stereocenters. The van der Waals surface area contributed by atoms with Crippen LogP contribution in [0.1, 0.15) is 10.5 Å². The van der Waals surface area contributed by atoms with Crippen LogP contribution in [0.4, 0.5) is 5.69 Å². The van der Waals surface area contributed by atoms with E-state index >= 15 is 0 Å². The summed E-state index contributed by atoms with van der Waals surface area (Å²) in [6, 6.07) is 7.42. The number of hydrogen-bond donors (Lipinski definition) is 1. The molecule has 4 nitrogen and oxygen atoms in total. The Hall–Kier alpha value is -1.62. The van der Waals surface area contributed by atoms with Gasteiger partial charge in [0.1, 0.15) is 5.69 Å². The number of aryl methyl sites for hydroxylation is 1. The standard InChI is InChI=1S/C11H10BrN3O/c1-15-6-10(13-7-15)11(16)14-9-4-2-3-8(12)5-9/h2-7H,1H3,(H,14,16). The lowest BCUT2D eigenvalue weighted by molar-refractivity contribution is 0.102. The molecule has 0 atom stereocenters. The van der Waals surface area contributed by atoms with E-state index in [4.69, 9.17) is 0 Å². The number of anilines is 1. The molecular weight excluding hydrogens is 270 g/mol. The summed E-state index contributed by atoms with van der Waals surface area (Å²) in [6.07, 6.45) is 3.27. The van der Waals surface area contributed by atoms with E-state index in [1.807, 2.05) is 31.3 Å². The summed E-state index contributed by atoms with van der Waals surface area (Å²) in [6.45, 7) is 0. The second kappa shape index (κ2) is 4.49. The maximum Gasteiger partial charge on any atom is 0.275 e. The van der Waals surface area contributed by atoms with Crippen molar-refractivity contribution in [2.24, 2.45) is 7.05 Å². The number of amides is 1. The van der Waals surface area contributed by atoms with E-state index in [-0.39, 0.29) is 5.91 Å². The van der Waals surface area contributed by atoms with Crippen molar-refractivity contribution in [2.45, 2.75) is 0 Å². The zero-order valence-corrected chi connectivity index (χ0v) is 10.2. The number of halogens is 1. The van der Waals surface area contributed by atoms with Gasteiger partial charge in [0, 0.05) is 23.4 Å². The Balaban J connectivity index is 2.13. The van der Waals surface area contributed by atoms with Crippen molar-refractivity contribution in [2.75, 3.05) is 5.32 Å². The first kappa shape index (κ1) is 10.9. The molecule has 0 aliphatic carbocycles. The molecule has 0 aliphatic rings. The van der Waals surface area contributed by atoms with Gasteiger partial charge in [-0.2, -0.15) is 0 Å². The Kier molecular flexibility index (Phi) is 3.05. The maximum atomic E-state index is 11.7. The molecule has 0 spiro atoms. The zero-order valence-electron chi connectivity index (χ0n) is 8.64. The quantitative estimate of drug-likeness (QED) is 0.918. The van der Waals surface area contributed by atoms with Crippen LogP contribution in [0.15, 0.2) is 41.3 Å². The summed E-state index contributed by atoms with van der Waals surface area (Å²) >= 11 is 3.34. The van der Waals surface area contributed by atoms with Gasteiger partial charge in [-0.1, -0.05) is 22.0 Å². The van der Waals surface area contributed by atoms with E-state index < -0.39 is 0 Å². The van der Waals surface area contributed by atoms with E-state index in [0.717, 1.165) is 10.2 Å². The lowest BCUT2D eigenvalue weighted by atomic mass is 10.3. The first-order chi connectivity index (χ1) is 7.65. The number of benzene rings is 1. The molecule has 5 heteroatoms. The van der Waals surface area contributed by atoms with Gasteiger partial charge in [-0.25, -0.2) is 4.98 Å².